The number of likely N-dealkylation sites (N-methyl/N-ethyl adjacent to an activating group) is 1. The van der Waals surface area contributed by atoms with Crippen molar-refractivity contribution in [2.45, 2.75) is 71.1 Å². The number of nitrogens with zero attached hydrogens (tertiary/aromatic N) is 1. The first kappa shape index (κ1) is 28.3. The normalized spacial score (nSPS) is 11.9. The van der Waals surface area contributed by atoms with Gasteiger partial charge < -0.3 is 14.7 Å². The number of allylic oxidation sites excluding steroid dienone is 6. The molecule has 0 unspecified atom stereocenters. The highest BCUT2D eigenvalue weighted by atomic mass is 16.4. The summed E-state index contributed by atoms with van der Waals surface area (Å²) >= 11 is 0. The summed E-state index contributed by atoms with van der Waals surface area (Å²) in [5, 5.41) is 16.7. The highest BCUT2D eigenvalue weighted by molar-refractivity contribution is 5.67. The summed E-state index contributed by atoms with van der Waals surface area (Å²) in [5.74, 6) is -1.45. The van der Waals surface area contributed by atoms with Gasteiger partial charge >= 0.3 is 11.9 Å². The molecule has 0 saturated heterocycles. The number of aliphatic carboxylic acids is 2. The highest BCUT2D eigenvalue weighted by Crippen LogP contribution is 2.02. The van der Waals surface area contributed by atoms with Gasteiger partial charge in [-0.15, -0.1) is 0 Å². The molecule has 0 aromatic heterocycles. The van der Waals surface area contributed by atoms with Crippen LogP contribution in [-0.2, 0) is 9.59 Å². The molecule has 0 radical (unpaired) electrons. The molecule has 0 aromatic rings. The molecule has 0 saturated carbocycles. The molecule has 0 aliphatic rings. The van der Waals surface area contributed by atoms with Crippen molar-refractivity contribution < 1.29 is 24.3 Å². The molecule has 162 valence electrons. The zero-order valence-corrected chi connectivity index (χ0v) is 18.4. The number of quaternary nitrogens is 1. The fraction of sp³-hybridized carbons (Fsp3) is 0.652. The number of unbranched alkanes of at least 4 members (excludes halogenated alkanes) is 5. The summed E-state index contributed by atoms with van der Waals surface area (Å²) in [6.45, 7) is 2.41. The molecule has 0 bridgehead atoms. The van der Waals surface area contributed by atoms with Gasteiger partial charge in [0, 0.05) is 6.42 Å². The lowest BCUT2D eigenvalue weighted by Gasteiger charge is -2.20. The molecule has 0 amide bonds. The van der Waals surface area contributed by atoms with Crippen LogP contribution in [0.3, 0.4) is 0 Å². The van der Waals surface area contributed by atoms with E-state index in [0.717, 1.165) is 32.1 Å². The molecule has 5 heteroatoms. The molecule has 0 atom stereocenters. The Morgan fingerprint density at radius 2 is 1.18 bits per heavy atom. The Morgan fingerprint density at radius 1 is 0.714 bits per heavy atom. The van der Waals surface area contributed by atoms with Gasteiger partial charge in [0.1, 0.15) is 0 Å². The lowest BCUT2D eigenvalue weighted by molar-refractivity contribution is -0.862. The maximum absolute atomic E-state index is 10.3. The van der Waals surface area contributed by atoms with E-state index in [1.165, 1.54) is 25.7 Å². The van der Waals surface area contributed by atoms with Gasteiger partial charge in [0.15, 0.2) is 6.54 Å². The van der Waals surface area contributed by atoms with Crippen LogP contribution in [0.1, 0.15) is 71.1 Å². The zero-order valence-electron chi connectivity index (χ0n) is 18.4. The zero-order chi connectivity index (χ0) is 21.7. The summed E-state index contributed by atoms with van der Waals surface area (Å²) in [6, 6.07) is 0. The van der Waals surface area contributed by atoms with E-state index in [0.29, 0.717) is 10.9 Å². The number of rotatable bonds is 15. The molecule has 0 rings (SSSR count). The Kier molecular flexibility index (Phi) is 20.1. The van der Waals surface area contributed by atoms with Crippen LogP contribution in [0.2, 0.25) is 0 Å². The van der Waals surface area contributed by atoms with Crippen LogP contribution in [0, 0.1) is 0 Å². The quantitative estimate of drug-likeness (QED) is 0.220. The minimum absolute atomic E-state index is 0.181. The summed E-state index contributed by atoms with van der Waals surface area (Å²) < 4.78 is 0.481. The lowest BCUT2D eigenvalue weighted by atomic mass is 10.2. The Balaban J connectivity index is 0. The predicted molar refractivity (Wildman–Crippen MR) is 117 cm³/mol. The van der Waals surface area contributed by atoms with Crippen molar-refractivity contribution in [2.24, 2.45) is 0 Å². The van der Waals surface area contributed by atoms with E-state index in [1.54, 1.807) is 0 Å². The molecule has 0 aliphatic heterocycles. The molecule has 2 N–H and O–H groups in total. The lowest BCUT2D eigenvalue weighted by Crippen LogP contribution is -2.39. The molecule has 28 heavy (non-hydrogen) atoms. The van der Waals surface area contributed by atoms with Gasteiger partial charge in [-0.05, 0) is 44.9 Å². The van der Waals surface area contributed by atoms with Gasteiger partial charge in [0.05, 0.1) is 21.1 Å². The average Bonchev–Trinajstić information content (AvgIpc) is 2.56. The fourth-order valence-corrected chi connectivity index (χ4v) is 2.23. The van der Waals surface area contributed by atoms with Crippen LogP contribution in [0.4, 0.5) is 0 Å². The van der Waals surface area contributed by atoms with E-state index >= 15 is 0 Å². The number of hydrogen-bond acceptors (Lipinski definition) is 2. The molecular formula is C23H42NO4+. The minimum atomic E-state index is -0.752. The molecule has 0 fully saturated rings. The van der Waals surface area contributed by atoms with Crippen LogP contribution in [0.15, 0.2) is 36.5 Å². The smallest absolute Gasteiger partial charge is 0.359 e. The van der Waals surface area contributed by atoms with Crippen molar-refractivity contribution >= 4 is 11.9 Å². The molecule has 0 spiro atoms. The second-order valence-electron chi connectivity index (χ2n) is 7.86. The van der Waals surface area contributed by atoms with Crippen LogP contribution < -0.4 is 0 Å². The topological polar surface area (TPSA) is 74.6 Å². The van der Waals surface area contributed by atoms with Crippen molar-refractivity contribution in [3.63, 3.8) is 0 Å². The second kappa shape index (κ2) is 19.9. The van der Waals surface area contributed by atoms with Crippen LogP contribution in [0.5, 0.6) is 0 Å². The average molecular weight is 397 g/mol. The molecule has 0 aromatic carbocycles. The fourth-order valence-electron chi connectivity index (χ4n) is 2.23. The van der Waals surface area contributed by atoms with Gasteiger partial charge in [-0.2, -0.15) is 0 Å². The summed E-state index contributed by atoms with van der Waals surface area (Å²) in [4.78, 5) is 20.3. The van der Waals surface area contributed by atoms with Crippen molar-refractivity contribution in [1.82, 2.24) is 0 Å². The standard InChI is InChI=1S/C18H30O2.C5H11NO2/c1-2-3-4-5-6-7-8-9-10-11-12-13-14-15-16-17-18(19)20;1-6(2,3)4-5(7)8/h6-7,9-10,12-13H,2-5,8,11,14-17H2,1H3,(H,19,20);4H2,1-3H3/p+1/b7-6+,10-9+,13-12+;. The largest absolute Gasteiger partial charge is 0.481 e. The predicted octanol–water partition coefficient (Wildman–Crippen LogP) is 5.44. The monoisotopic (exact) mass is 396 g/mol. The third-order valence-corrected chi connectivity index (χ3v) is 3.64. The van der Waals surface area contributed by atoms with E-state index in [-0.39, 0.29) is 6.54 Å². The van der Waals surface area contributed by atoms with Gasteiger partial charge in [-0.3, -0.25) is 4.79 Å². The Hall–Kier alpha value is -1.88. The summed E-state index contributed by atoms with van der Waals surface area (Å²) in [7, 11) is 5.52. The highest BCUT2D eigenvalue weighted by Gasteiger charge is 2.11. The maximum Gasteiger partial charge on any atom is 0.359 e. The minimum Gasteiger partial charge on any atom is -0.481 e. The van der Waals surface area contributed by atoms with Gasteiger partial charge in [0.25, 0.3) is 0 Å². The first-order valence-electron chi connectivity index (χ1n) is 10.4. The Bertz CT molecular complexity index is 473. The van der Waals surface area contributed by atoms with Crippen LogP contribution >= 0.6 is 0 Å². The molecule has 0 heterocycles. The van der Waals surface area contributed by atoms with E-state index in [4.69, 9.17) is 10.2 Å². The number of carboxylic acid groups (broad SMARTS) is 2. The number of hydrogen-bond donors (Lipinski definition) is 2. The van der Waals surface area contributed by atoms with Gasteiger partial charge in [-0.1, -0.05) is 56.2 Å². The van der Waals surface area contributed by atoms with E-state index in [1.807, 2.05) is 21.1 Å². The third kappa shape index (κ3) is 31.8. The Morgan fingerprint density at radius 3 is 1.54 bits per heavy atom. The first-order valence-corrected chi connectivity index (χ1v) is 10.4. The van der Waals surface area contributed by atoms with E-state index < -0.39 is 11.9 Å². The van der Waals surface area contributed by atoms with Crippen molar-refractivity contribution in [3.05, 3.63) is 36.5 Å². The van der Waals surface area contributed by atoms with Crippen molar-refractivity contribution in [1.29, 1.82) is 0 Å². The maximum atomic E-state index is 10.3. The summed E-state index contributed by atoms with van der Waals surface area (Å²) in [5.41, 5.74) is 0. The van der Waals surface area contributed by atoms with Crippen LogP contribution in [-0.4, -0.2) is 54.3 Å². The first-order chi connectivity index (χ1) is 13.2. The molecule has 0 aliphatic carbocycles. The van der Waals surface area contributed by atoms with Gasteiger partial charge in [-0.25, -0.2) is 4.79 Å². The number of carbonyl (C=O) groups is 2. The van der Waals surface area contributed by atoms with Crippen molar-refractivity contribution in [3.8, 4) is 0 Å². The van der Waals surface area contributed by atoms with E-state index in [9.17, 15) is 9.59 Å². The van der Waals surface area contributed by atoms with Gasteiger partial charge in [0.2, 0.25) is 0 Å². The number of carboxylic acids is 2. The van der Waals surface area contributed by atoms with Crippen LogP contribution in [0.25, 0.3) is 0 Å². The molecular weight excluding hydrogens is 354 g/mol. The third-order valence-electron chi connectivity index (χ3n) is 3.64. The Labute approximate surface area is 172 Å². The second-order valence-corrected chi connectivity index (χ2v) is 7.86. The van der Waals surface area contributed by atoms with Crippen molar-refractivity contribution in [2.75, 3.05) is 27.7 Å². The molecule has 5 nitrogen and oxygen atoms in total. The SMILES string of the molecule is CCCCC/C=C/C/C=C/C/C=C/CCCCC(=O)O.C[N+](C)(C)CC(=O)O. The van der Waals surface area contributed by atoms with E-state index in [2.05, 4.69) is 43.4 Å². The summed E-state index contributed by atoms with van der Waals surface area (Å²) in [6.07, 6.45) is 23.3.